The molecule has 0 bridgehead atoms. The van der Waals surface area contributed by atoms with Crippen LogP contribution in [0.5, 0.6) is 5.75 Å². The Hall–Kier alpha value is -2.45. The quantitative estimate of drug-likeness (QED) is 0.532. The fourth-order valence-corrected chi connectivity index (χ4v) is 4.98. The molecule has 8 heteroatoms. The van der Waals surface area contributed by atoms with Crippen molar-refractivity contribution in [2.75, 3.05) is 7.11 Å². The molecule has 1 saturated carbocycles. The van der Waals surface area contributed by atoms with E-state index in [9.17, 15) is 18.5 Å². The Morgan fingerprint density at radius 1 is 1.19 bits per heavy atom. The van der Waals surface area contributed by atoms with Gasteiger partial charge < -0.3 is 4.74 Å². The Kier molecular flexibility index (Phi) is 5.21. The van der Waals surface area contributed by atoms with Crippen molar-refractivity contribution in [1.82, 2.24) is 4.31 Å². The summed E-state index contributed by atoms with van der Waals surface area (Å²) in [6, 6.07) is 9.73. The number of hydrogen-bond acceptors (Lipinski definition) is 5. The molecule has 0 aliphatic heterocycles. The van der Waals surface area contributed by atoms with Gasteiger partial charge in [-0.05, 0) is 55.5 Å². The summed E-state index contributed by atoms with van der Waals surface area (Å²) in [6.07, 6.45) is 1.59. The van der Waals surface area contributed by atoms with Crippen molar-refractivity contribution in [3.63, 3.8) is 0 Å². The number of sulfonamides is 1. The second kappa shape index (κ2) is 7.28. The number of nitrogens with zero attached hydrogens (tertiary/aromatic N) is 2. The van der Waals surface area contributed by atoms with Crippen LogP contribution in [0.2, 0.25) is 0 Å². The fourth-order valence-electron chi connectivity index (χ4n) is 2.99. The number of rotatable bonds is 7. The average molecular weight is 390 g/mol. The van der Waals surface area contributed by atoms with Crippen molar-refractivity contribution in [2.24, 2.45) is 0 Å². The van der Waals surface area contributed by atoms with Crippen LogP contribution >= 0.6 is 0 Å². The molecule has 0 radical (unpaired) electrons. The highest BCUT2D eigenvalue weighted by atomic mass is 32.2. The van der Waals surface area contributed by atoms with Crippen LogP contribution < -0.4 is 4.74 Å². The third-order valence-corrected chi connectivity index (χ3v) is 6.88. The fraction of sp³-hybridized carbons (Fsp3) is 0.368. The molecule has 0 spiro atoms. The van der Waals surface area contributed by atoms with Gasteiger partial charge in [0.1, 0.15) is 5.75 Å². The van der Waals surface area contributed by atoms with Crippen LogP contribution in [0, 0.1) is 24.0 Å². The number of ether oxygens (including phenoxy) is 1. The summed E-state index contributed by atoms with van der Waals surface area (Å²) in [7, 11) is -2.29. The zero-order chi connectivity index (χ0) is 19.8. The minimum Gasteiger partial charge on any atom is -0.497 e. The van der Waals surface area contributed by atoms with E-state index in [-0.39, 0.29) is 23.2 Å². The Bertz CT molecular complexity index is 966. The number of nitro benzene ring substituents is 1. The Balaban J connectivity index is 2.01. The lowest BCUT2D eigenvalue weighted by molar-refractivity contribution is -0.385. The van der Waals surface area contributed by atoms with Gasteiger partial charge in [-0.1, -0.05) is 12.1 Å². The molecule has 0 unspecified atom stereocenters. The molecule has 0 amide bonds. The zero-order valence-corrected chi connectivity index (χ0v) is 16.3. The first-order valence-electron chi connectivity index (χ1n) is 8.64. The number of non-ortho nitro benzene ring substituents is 1. The highest BCUT2D eigenvalue weighted by Gasteiger charge is 2.39. The summed E-state index contributed by atoms with van der Waals surface area (Å²) in [5.74, 6) is 0.699. The summed E-state index contributed by atoms with van der Waals surface area (Å²) < 4.78 is 33.3. The third-order valence-electron chi connectivity index (χ3n) is 4.85. The first kappa shape index (κ1) is 19.3. The van der Waals surface area contributed by atoms with Gasteiger partial charge in [-0.3, -0.25) is 10.1 Å². The van der Waals surface area contributed by atoms with Gasteiger partial charge in [-0.2, -0.15) is 4.31 Å². The van der Waals surface area contributed by atoms with Crippen molar-refractivity contribution in [3.8, 4) is 5.75 Å². The highest BCUT2D eigenvalue weighted by molar-refractivity contribution is 7.89. The van der Waals surface area contributed by atoms with Gasteiger partial charge in [0.05, 0.1) is 16.9 Å². The van der Waals surface area contributed by atoms with Crippen molar-refractivity contribution >= 4 is 15.7 Å². The van der Waals surface area contributed by atoms with Crippen molar-refractivity contribution < 1.29 is 18.1 Å². The number of aryl methyl sites for hydroxylation is 1. The number of benzene rings is 2. The minimum absolute atomic E-state index is 0.00890. The molecule has 3 rings (SSSR count). The van der Waals surface area contributed by atoms with E-state index < -0.39 is 14.9 Å². The van der Waals surface area contributed by atoms with E-state index in [4.69, 9.17) is 4.74 Å². The summed E-state index contributed by atoms with van der Waals surface area (Å²) in [5.41, 5.74) is 1.76. The first-order valence-corrected chi connectivity index (χ1v) is 10.1. The summed E-state index contributed by atoms with van der Waals surface area (Å²) in [4.78, 5) is 10.6. The van der Waals surface area contributed by atoms with E-state index in [0.717, 1.165) is 18.4 Å². The summed E-state index contributed by atoms with van der Waals surface area (Å²) in [5, 5.41) is 11.2. The van der Waals surface area contributed by atoms with Gasteiger partial charge in [0.25, 0.3) is 5.69 Å². The molecule has 1 aliphatic carbocycles. The van der Waals surface area contributed by atoms with E-state index in [1.54, 1.807) is 33.1 Å². The molecule has 7 nitrogen and oxygen atoms in total. The molecule has 0 aromatic heterocycles. The highest BCUT2D eigenvalue weighted by Crippen LogP contribution is 2.36. The second-order valence-electron chi connectivity index (χ2n) is 6.77. The lowest BCUT2D eigenvalue weighted by Gasteiger charge is -2.23. The van der Waals surface area contributed by atoms with Gasteiger partial charge in [0, 0.05) is 24.7 Å². The molecular formula is C19H22N2O5S. The SMILES string of the molecule is COc1ccc(CN(C2CC2)S(=O)(=O)c2cc([N+](=O)[O-])cc(C)c2C)cc1. The van der Waals surface area contributed by atoms with Gasteiger partial charge in [-0.25, -0.2) is 8.42 Å². The monoisotopic (exact) mass is 390 g/mol. The molecular weight excluding hydrogens is 368 g/mol. The first-order chi connectivity index (χ1) is 12.7. The smallest absolute Gasteiger partial charge is 0.271 e. The van der Waals surface area contributed by atoms with Gasteiger partial charge >= 0.3 is 0 Å². The predicted molar refractivity (Wildman–Crippen MR) is 101 cm³/mol. The molecule has 0 N–H and O–H groups in total. The normalized spacial score (nSPS) is 14.4. The topological polar surface area (TPSA) is 89.8 Å². The Morgan fingerprint density at radius 2 is 1.81 bits per heavy atom. The molecule has 0 heterocycles. The minimum atomic E-state index is -3.86. The summed E-state index contributed by atoms with van der Waals surface area (Å²) >= 11 is 0. The van der Waals surface area contributed by atoms with Crippen LogP contribution in [0.1, 0.15) is 29.5 Å². The van der Waals surface area contributed by atoms with Gasteiger partial charge in [-0.15, -0.1) is 0 Å². The van der Waals surface area contributed by atoms with Gasteiger partial charge in [0.15, 0.2) is 0 Å². The summed E-state index contributed by atoms with van der Waals surface area (Å²) in [6.45, 7) is 3.59. The number of nitro groups is 1. The average Bonchev–Trinajstić information content (AvgIpc) is 3.46. The molecule has 0 atom stereocenters. The van der Waals surface area contributed by atoms with E-state index in [1.165, 1.54) is 16.4 Å². The standard InChI is InChI=1S/C19H22N2O5S/c1-13-10-17(21(22)23)11-19(14(13)2)27(24,25)20(16-6-7-16)12-15-4-8-18(26-3)9-5-15/h4-5,8-11,16H,6-7,12H2,1-3H3. The Morgan fingerprint density at radius 3 is 2.33 bits per heavy atom. The molecule has 1 fully saturated rings. The largest absolute Gasteiger partial charge is 0.497 e. The van der Waals surface area contributed by atoms with Crippen molar-refractivity contribution in [3.05, 3.63) is 63.2 Å². The predicted octanol–water partition coefficient (Wildman–Crippen LogP) is 3.57. The maximum Gasteiger partial charge on any atom is 0.271 e. The van der Waals surface area contributed by atoms with Crippen LogP contribution in [0.25, 0.3) is 0 Å². The maximum absolute atomic E-state index is 13.4. The molecule has 144 valence electrons. The molecule has 0 saturated heterocycles. The van der Waals surface area contributed by atoms with E-state index in [0.29, 0.717) is 16.9 Å². The van der Waals surface area contributed by atoms with E-state index in [2.05, 4.69) is 0 Å². The van der Waals surface area contributed by atoms with Crippen LogP contribution in [0.4, 0.5) is 5.69 Å². The van der Waals surface area contributed by atoms with Crippen LogP contribution in [0.3, 0.4) is 0 Å². The number of methoxy groups -OCH3 is 1. The second-order valence-corrected chi connectivity index (χ2v) is 8.63. The molecule has 2 aromatic rings. The molecule has 27 heavy (non-hydrogen) atoms. The van der Waals surface area contributed by atoms with Crippen molar-refractivity contribution in [1.29, 1.82) is 0 Å². The van der Waals surface area contributed by atoms with Crippen LogP contribution in [-0.2, 0) is 16.6 Å². The molecule has 2 aromatic carbocycles. The maximum atomic E-state index is 13.4. The molecule has 1 aliphatic rings. The van der Waals surface area contributed by atoms with E-state index in [1.807, 2.05) is 12.1 Å². The van der Waals surface area contributed by atoms with Crippen LogP contribution in [-0.4, -0.2) is 30.8 Å². The van der Waals surface area contributed by atoms with Crippen molar-refractivity contribution in [2.45, 2.75) is 44.2 Å². The third kappa shape index (κ3) is 3.96. The zero-order valence-electron chi connectivity index (χ0n) is 15.5. The van der Waals surface area contributed by atoms with E-state index >= 15 is 0 Å². The van der Waals surface area contributed by atoms with Crippen LogP contribution in [0.15, 0.2) is 41.3 Å². The Labute approximate surface area is 158 Å². The van der Waals surface area contributed by atoms with Gasteiger partial charge in [0.2, 0.25) is 10.0 Å². The lowest BCUT2D eigenvalue weighted by atomic mass is 10.1. The number of hydrogen-bond donors (Lipinski definition) is 0. The lowest BCUT2D eigenvalue weighted by Crippen LogP contribution is -2.33.